The minimum atomic E-state index is -0.630. The van der Waals surface area contributed by atoms with Crippen molar-refractivity contribution < 1.29 is 9.53 Å². The van der Waals surface area contributed by atoms with Gasteiger partial charge in [-0.3, -0.25) is 4.79 Å². The molecule has 2 unspecified atom stereocenters. The van der Waals surface area contributed by atoms with Crippen molar-refractivity contribution in [3.8, 4) is 0 Å². The maximum absolute atomic E-state index is 11.3. The van der Waals surface area contributed by atoms with Crippen molar-refractivity contribution in [2.24, 2.45) is 5.73 Å². The predicted octanol–water partition coefficient (Wildman–Crippen LogP) is 0.895. The number of hydrogen-bond donors (Lipinski definition) is 2. The summed E-state index contributed by atoms with van der Waals surface area (Å²) in [5.41, 5.74) is 4.82. The van der Waals surface area contributed by atoms with E-state index in [4.69, 9.17) is 10.5 Å². The van der Waals surface area contributed by atoms with Gasteiger partial charge >= 0.3 is 0 Å². The van der Waals surface area contributed by atoms with Gasteiger partial charge in [0.05, 0.1) is 11.1 Å². The minimum absolute atomic E-state index is 0.0499. The molecule has 4 nitrogen and oxygen atoms in total. The molecule has 0 bridgehead atoms. The molecule has 2 atom stereocenters. The van der Waals surface area contributed by atoms with Crippen LogP contribution in [0.25, 0.3) is 0 Å². The van der Waals surface area contributed by atoms with Gasteiger partial charge in [0.1, 0.15) is 0 Å². The van der Waals surface area contributed by atoms with Gasteiger partial charge in [-0.25, -0.2) is 0 Å². The van der Waals surface area contributed by atoms with E-state index in [9.17, 15) is 4.79 Å². The molecule has 3 N–H and O–H groups in total. The Morgan fingerprint density at radius 3 is 2.94 bits per heavy atom. The molecule has 0 aliphatic carbocycles. The number of hydrogen-bond acceptors (Lipinski definition) is 4. The fraction of sp³-hybridized carbons (Fsp3) is 0.917. The summed E-state index contributed by atoms with van der Waals surface area (Å²) < 4.78 is 5.95. The van der Waals surface area contributed by atoms with Crippen LogP contribution in [-0.2, 0) is 9.53 Å². The zero-order valence-corrected chi connectivity index (χ0v) is 11.4. The highest BCUT2D eigenvalue weighted by atomic mass is 32.2. The second kappa shape index (κ2) is 4.78. The number of thioether (sulfide) groups is 1. The third-order valence-corrected chi connectivity index (χ3v) is 4.96. The first-order valence-electron chi connectivity index (χ1n) is 6.23. The largest absolute Gasteiger partial charge is 0.374 e. The van der Waals surface area contributed by atoms with Gasteiger partial charge in [-0.2, -0.15) is 11.8 Å². The van der Waals surface area contributed by atoms with Crippen LogP contribution in [0.2, 0.25) is 0 Å². The summed E-state index contributed by atoms with van der Waals surface area (Å²) >= 11 is 1.96. The SMILES string of the molecule is CC(C)(NC1CCOC2(CCSC2)C1)C(N)=O. The quantitative estimate of drug-likeness (QED) is 0.789. The van der Waals surface area contributed by atoms with Crippen molar-refractivity contribution in [3.63, 3.8) is 0 Å². The molecular formula is C12H22N2O2S. The van der Waals surface area contributed by atoms with Crippen LogP contribution in [0.4, 0.5) is 0 Å². The lowest BCUT2D eigenvalue weighted by Gasteiger charge is -2.40. The molecule has 2 saturated heterocycles. The van der Waals surface area contributed by atoms with Crippen LogP contribution in [0.3, 0.4) is 0 Å². The van der Waals surface area contributed by atoms with Crippen LogP contribution in [-0.4, -0.2) is 41.2 Å². The Hall–Kier alpha value is -0.260. The lowest BCUT2D eigenvalue weighted by Crippen LogP contribution is -2.58. The molecule has 2 heterocycles. The van der Waals surface area contributed by atoms with Gasteiger partial charge in [0, 0.05) is 18.4 Å². The predicted molar refractivity (Wildman–Crippen MR) is 70.1 cm³/mol. The van der Waals surface area contributed by atoms with Crippen LogP contribution in [0.1, 0.15) is 33.1 Å². The molecule has 0 radical (unpaired) electrons. The Labute approximate surface area is 107 Å². The summed E-state index contributed by atoms with van der Waals surface area (Å²) in [4.78, 5) is 11.3. The summed E-state index contributed by atoms with van der Waals surface area (Å²) in [6.07, 6.45) is 3.09. The van der Waals surface area contributed by atoms with E-state index >= 15 is 0 Å². The van der Waals surface area contributed by atoms with Gasteiger partial charge in [-0.1, -0.05) is 0 Å². The molecule has 1 amide bonds. The number of ether oxygens (including phenoxy) is 1. The third kappa shape index (κ3) is 2.95. The highest BCUT2D eigenvalue weighted by Gasteiger charge is 2.42. The molecule has 2 aliphatic rings. The van der Waals surface area contributed by atoms with Crippen LogP contribution in [0.15, 0.2) is 0 Å². The van der Waals surface area contributed by atoms with E-state index in [1.54, 1.807) is 0 Å². The number of carbonyl (C=O) groups excluding carboxylic acids is 1. The van der Waals surface area contributed by atoms with Crippen molar-refractivity contribution >= 4 is 17.7 Å². The smallest absolute Gasteiger partial charge is 0.237 e. The molecule has 98 valence electrons. The van der Waals surface area contributed by atoms with Crippen molar-refractivity contribution in [1.29, 1.82) is 0 Å². The summed E-state index contributed by atoms with van der Waals surface area (Å²) in [6.45, 7) is 4.48. The lowest BCUT2D eigenvalue weighted by molar-refractivity contribution is -0.124. The zero-order chi connectivity index (χ0) is 12.5. The monoisotopic (exact) mass is 258 g/mol. The Balaban J connectivity index is 1.96. The summed E-state index contributed by atoms with van der Waals surface area (Å²) in [6, 6.07) is 0.338. The van der Waals surface area contributed by atoms with Crippen LogP contribution >= 0.6 is 11.8 Å². The first-order valence-corrected chi connectivity index (χ1v) is 7.38. The molecule has 0 aromatic heterocycles. The maximum Gasteiger partial charge on any atom is 0.237 e. The Morgan fingerprint density at radius 2 is 2.35 bits per heavy atom. The van der Waals surface area contributed by atoms with E-state index in [-0.39, 0.29) is 11.5 Å². The fourth-order valence-corrected chi connectivity index (χ4v) is 3.97. The highest BCUT2D eigenvalue weighted by molar-refractivity contribution is 7.99. The first kappa shape index (κ1) is 13.2. The van der Waals surface area contributed by atoms with E-state index in [0.717, 1.165) is 31.6 Å². The van der Waals surface area contributed by atoms with Crippen molar-refractivity contribution in [3.05, 3.63) is 0 Å². The Kier molecular flexibility index (Phi) is 3.71. The second-order valence-electron chi connectivity index (χ2n) is 5.66. The average Bonchev–Trinajstić information content (AvgIpc) is 2.65. The number of primary amides is 1. The number of nitrogens with two attached hydrogens (primary N) is 1. The summed E-state index contributed by atoms with van der Waals surface area (Å²) in [5.74, 6) is 1.98. The molecule has 2 fully saturated rings. The first-order chi connectivity index (χ1) is 7.94. The van der Waals surface area contributed by atoms with Crippen LogP contribution in [0, 0.1) is 0 Å². The Morgan fingerprint density at radius 1 is 1.59 bits per heavy atom. The van der Waals surface area contributed by atoms with Crippen LogP contribution in [0.5, 0.6) is 0 Å². The van der Waals surface area contributed by atoms with E-state index < -0.39 is 5.54 Å². The van der Waals surface area contributed by atoms with Crippen LogP contribution < -0.4 is 11.1 Å². The standard InChI is InChI=1S/C12H22N2O2S/c1-11(2,10(13)15)14-9-3-5-16-12(7-9)4-6-17-8-12/h9,14H,3-8H2,1-2H3,(H2,13,15). The lowest BCUT2D eigenvalue weighted by atomic mass is 9.88. The van der Waals surface area contributed by atoms with Gasteiger partial charge in [0.15, 0.2) is 0 Å². The van der Waals surface area contributed by atoms with E-state index in [2.05, 4.69) is 5.32 Å². The molecule has 17 heavy (non-hydrogen) atoms. The van der Waals surface area contributed by atoms with Crippen molar-refractivity contribution in [2.75, 3.05) is 18.1 Å². The topological polar surface area (TPSA) is 64.3 Å². The third-order valence-electron chi connectivity index (χ3n) is 3.74. The second-order valence-corrected chi connectivity index (χ2v) is 6.76. The average molecular weight is 258 g/mol. The molecule has 0 aromatic rings. The number of amides is 1. The van der Waals surface area contributed by atoms with E-state index in [0.29, 0.717) is 6.04 Å². The number of rotatable bonds is 3. The van der Waals surface area contributed by atoms with Gasteiger partial charge in [0.2, 0.25) is 5.91 Å². The highest BCUT2D eigenvalue weighted by Crippen LogP contribution is 2.38. The fourth-order valence-electron chi connectivity index (χ4n) is 2.60. The Bertz CT molecular complexity index is 301. The van der Waals surface area contributed by atoms with Gasteiger partial charge in [0.25, 0.3) is 0 Å². The molecule has 1 spiro atoms. The number of carbonyl (C=O) groups is 1. The van der Waals surface area contributed by atoms with Crippen molar-refractivity contribution in [2.45, 2.75) is 50.3 Å². The zero-order valence-electron chi connectivity index (χ0n) is 10.6. The van der Waals surface area contributed by atoms with Gasteiger partial charge in [-0.05, 0) is 38.9 Å². The molecule has 2 aliphatic heterocycles. The number of nitrogens with one attached hydrogen (secondary N) is 1. The maximum atomic E-state index is 11.3. The van der Waals surface area contributed by atoms with E-state index in [1.807, 2.05) is 25.6 Å². The summed E-state index contributed by atoms with van der Waals surface area (Å²) in [5, 5.41) is 3.38. The summed E-state index contributed by atoms with van der Waals surface area (Å²) in [7, 11) is 0. The van der Waals surface area contributed by atoms with Gasteiger partial charge in [-0.15, -0.1) is 0 Å². The molecule has 2 rings (SSSR count). The molecule has 0 saturated carbocycles. The van der Waals surface area contributed by atoms with Gasteiger partial charge < -0.3 is 15.8 Å². The van der Waals surface area contributed by atoms with E-state index in [1.165, 1.54) is 5.75 Å². The molecule has 0 aromatic carbocycles. The molecular weight excluding hydrogens is 236 g/mol. The molecule has 5 heteroatoms. The minimum Gasteiger partial charge on any atom is -0.374 e. The van der Waals surface area contributed by atoms with Crippen molar-refractivity contribution in [1.82, 2.24) is 5.32 Å². The normalized spacial score (nSPS) is 34.1.